The van der Waals surface area contributed by atoms with Crippen molar-refractivity contribution in [3.05, 3.63) is 34.5 Å². The minimum Gasteiger partial charge on any atom is -0.493 e. The predicted octanol–water partition coefficient (Wildman–Crippen LogP) is 3.60. The van der Waals surface area contributed by atoms with Crippen molar-refractivity contribution in [3.63, 3.8) is 0 Å². The molecule has 6 heteroatoms. The molecular weight excluding hydrogens is 296 g/mol. The van der Waals surface area contributed by atoms with E-state index in [2.05, 4.69) is 16.2 Å². The van der Waals surface area contributed by atoms with E-state index in [0.29, 0.717) is 18.0 Å². The van der Waals surface area contributed by atoms with E-state index in [1.807, 2.05) is 39.0 Å². The van der Waals surface area contributed by atoms with Crippen molar-refractivity contribution in [1.29, 1.82) is 5.26 Å². The number of nitrogens with zero attached hydrogens (tertiary/aromatic N) is 4. The van der Waals surface area contributed by atoms with Crippen LogP contribution in [0.4, 0.5) is 0 Å². The fraction of sp³-hybridized carbons (Fsp3) is 0.312. The number of hydrogen-bond donors (Lipinski definition) is 0. The van der Waals surface area contributed by atoms with Crippen LogP contribution in [-0.4, -0.2) is 21.2 Å². The average molecular weight is 312 g/mol. The van der Waals surface area contributed by atoms with Crippen LogP contribution >= 0.6 is 11.3 Å². The van der Waals surface area contributed by atoms with Crippen molar-refractivity contribution in [2.75, 3.05) is 6.61 Å². The summed E-state index contributed by atoms with van der Waals surface area (Å²) < 4.78 is 7.32. The normalized spacial score (nSPS) is 10.8. The van der Waals surface area contributed by atoms with Crippen LogP contribution < -0.4 is 4.74 Å². The molecule has 0 N–H and O–H groups in total. The van der Waals surface area contributed by atoms with Gasteiger partial charge in [-0.15, -0.1) is 0 Å². The maximum Gasteiger partial charge on any atom is 0.214 e. The molecule has 0 saturated heterocycles. The zero-order valence-corrected chi connectivity index (χ0v) is 13.6. The predicted molar refractivity (Wildman–Crippen MR) is 86.3 cm³/mol. The van der Waals surface area contributed by atoms with Crippen molar-refractivity contribution >= 4 is 16.3 Å². The lowest BCUT2D eigenvalue weighted by molar-refractivity contribution is 0.341. The molecule has 0 amide bonds. The number of aryl methyl sites for hydroxylation is 2. The van der Waals surface area contributed by atoms with Gasteiger partial charge in [-0.2, -0.15) is 14.9 Å². The van der Waals surface area contributed by atoms with Gasteiger partial charge < -0.3 is 4.74 Å². The summed E-state index contributed by atoms with van der Waals surface area (Å²) in [6.07, 6.45) is 0.836. The molecule has 22 heavy (non-hydrogen) atoms. The van der Waals surface area contributed by atoms with Crippen molar-refractivity contribution in [3.8, 4) is 23.1 Å². The van der Waals surface area contributed by atoms with E-state index < -0.39 is 0 Å². The fourth-order valence-electron chi connectivity index (χ4n) is 2.33. The van der Waals surface area contributed by atoms with Crippen molar-refractivity contribution in [1.82, 2.24) is 14.6 Å². The van der Waals surface area contributed by atoms with Crippen LogP contribution in [0, 0.1) is 18.3 Å². The van der Waals surface area contributed by atoms with Crippen LogP contribution in [-0.2, 0) is 6.42 Å². The van der Waals surface area contributed by atoms with Crippen LogP contribution in [0.3, 0.4) is 0 Å². The van der Waals surface area contributed by atoms with E-state index in [0.717, 1.165) is 33.3 Å². The third-order valence-corrected chi connectivity index (χ3v) is 4.40. The molecule has 1 aromatic carbocycles. The number of ether oxygens (including phenoxy) is 1. The molecule has 0 unspecified atom stereocenters. The van der Waals surface area contributed by atoms with Gasteiger partial charge in [0, 0.05) is 5.56 Å². The van der Waals surface area contributed by atoms with Crippen LogP contribution in [0.5, 0.6) is 5.75 Å². The summed E-state index contributed by atoms with van der Waals surface area (Å²) in [5.41, 5.74) is 3.03. The summed E-state index contributed by atoms with van der Waals surface area (Å²) >= 11 is 1.51. The Hall–Kier alpha value is -2.39. The Morgan fingerprint density at radius 1 is 1.36 bits per heavy atom. The minimum atomic E-state index is 0.456. The molecule has 0 aliphatic heterocycles. The van der Waals surface area contributed by atoms with E-state index in [1.54, 1.807) is 4.52 Å². The van der Waals surface area contributed by atoms with Gasteiger partial charge in [0.1, 0.15) is 22.5 Å². The molecule has 0 spiro atoms. The highest BCUT2D eigenvalue weighted by Crippen LogP contribution is 2.34. The van der Waals surface area contributed by atoms with Crippen molar-refractivity contribution in [2.24, 2.45) is 0 Å². The lowest BCUT2D eigenvalue weighted by atomic mass is 10.1. The summed E-state index contributed by atoms with van der Waals surface area (Å²) in [4.78, 5) is 5.37. The van der Waals surface area contributed by atoms with E-state index in [-0.39, 0.29) is 0 Å². The molecule has 0 aliphatic carbocycles. The molecule has 3 aromatic rings. The molecule has 2 aromatic heterocycles. The number of benzene rings is 1. The Morgan fingerprint density at radius 3 is 2.86 bits per heavy atom. The van der Waals surface area contributed by atoms with Gasteiger partial charge in [-0.05, 0) is 32.4 Å². The zero-order valence-electron chi connectivity index (χ0n) is 12.8. The number of rotatable bonds is 4. The molecule has 3 rings (SSSR count). The van der Waals surface area contributed by atoms with Gasteiger partial charge in [0.05, 0.1) is 6.61 Å². The maximum absolute atomic E-state index is 9.55. The lowest BCUT2D eigenvalue weighted by Crippen LogP contribution is -1.97. The number of hydrogen-bond acceptors (Lipinski definition) is 5. The number of nitriles is 1. The number of fused-ring (bicyclic) bond motifs is 1. The van der Waals surface area contributed by atoms with Gasteiger partial charge in [-0.1, -0.05) is 29.9 Å². The number of aromatic nitrogens is 3. The number of imidazole rings is 1. The summed E-state index contributed by atoms with van der Waals surface area (Å²) in [7, 11) is 0. The molecular formula is C16H16N4OS. The summed E-state index contributed by atoms with van der Waals surface area (Å²) in [6.45, 7) is 6.56. The quantitative estimate of drug-likeness (QED) is 0.738. The van der Waals surface area contributed by atoms with Gasteiger partial charge in [-0.25, -0.2) is 4.98 Å². The molecule has 0 aliphatic rings. The summed E-state index contributed by atoms with van der Waals surface area (Å²) in [6, 6.07) is 8.15. The fourth-order valence-corrected chi connectivity index (χ4v) is 3.16. The van der Waals surface area contributed by atoms with Crippen LogP contribution in [0.2, 0.25) is 0 Å². The molecule has 0 saturated carbocycles. The standard InChI is InChI=1S/C16H16N4OS/c1-4-14-19-20-12(9-17)15(18-16(20)22-14)11-8-10(3)6-7-13(11)21-5-2/h6-8H,4-5H2,1-3H3. The monoisotopic (exact) mass is 312 g/mol. The smallest absolute Gasteiger partial charge is 0.214 e. The molecule has 0 fully saturated rings. The molecule has 112 valence electrons. The first kappa shape index (κ1) is 14.5. The molecule has 0 atom stereocenters. The second-order valence-electron chi connectivity index (χ2n) is 4.90. The summed E-state index contributed by atoms with van der Waals surface area (Å²) in [5.74, 6) is 0.742. The minimum absolute atomic E-state index is 0.456. The first-order valence-corrected chi connectivity index (χ1v) is 8.01. The van der Waals surface area contributed by atoms with Crippen LogP contribution in [0.1, 0.15) is 30.1 Å². The van der Waals surface area contributed by atoms with Gasteiger partial charge in [-0.3, -0.25) is 0 Å². The highest BCUT2D eigenvalue weighted by atomic mass is 32.1. The second-order valence-corrected chi connectivity index (χ2v) is 5.94. The average Bonchev–Trinajstić information content (AvgIpc) is 3.05. The van der Waals surface area contributed by atoms with Crippen molar-refractivity contribution < 1.29 is 4.74 Å². The second kappa shape index (κ2) is 5.78. The third-order valence-electron chi connectivity index (χ3n) is 3.34. The van der Waals surface area contributed by atoms with Gasteiger partial charge >= 0.3 is 0 Å². The SMILES string of the molecule is CCOc1ccc(C)cc1-c1nc2sc(CC)nn2c1C#N. The van der Waals surface area contributed by atoms with Gasteiger partial charge in [0.15, 0.2) is 5.69 Å². The first-order chi connectivity index (χ1) is 10.7. The Balaban J connectivity index is 2.24. The van der Waals surface area contributed by atoms with Crippen LogP contribution in [0.25, 0.3) is 16.2 Å². The topological polar surface area (TPSA) is 63.2 Å². The Kier molecular flexibility index (Phi) is 3.82. The molecule has 5 nitrogen and oxygen atoms in total. The third kappa shape index (κ3) is 2.34. The van der Waals surface area contributed by atoms with Crippen molar-refractivity contribution in [2.45, 2.75) is 27.2 Å². The zero-order chi connectivity index (χ0) is 15.7. The van der Waals surface area contributed by atoms with Gasteiger partial charge in [0.25, 0.3) is 0 Å². The van der Waals surface area contributed by atoms with Gasteiger partial charge in [0.2, 0.25) is 4.96 Å². The lowest BCUT2D eigenvalue weighted by Gasteiger charge is -2.09. The highest BCUT2D eigenvalue weighted by molar-refractivity contribution is 7.16. The van der Waals surface area contributed by atoms with E-state index >= 15 is 0 Å². The largest absolute Gasteiger partial charge is 0.493 e. The highest BCUT2D eigenvalue weighted by Gasteiger charge is 2.20. The summed E-state index contributed by atoms with van der Waals surface area (Å²) in [5, 5.41) is 15.0. The van der Waals surface area contributed by atoms with E-state index in [1.165, 1.54) is 11.3 Å². The Bertz CT molecular complexity index is 872. The van der Waals surface area contributed by atoms with E-state index in [9.17, 15) is 5.26 Å². The molecule has 0 radical (unpaired) electrons. The Labute approximate surface area is 132 Å². The molecule has 2 heterocycles. The Morgan fingerprint density at radius 2 is 2.18 bits per heavy atom. The maximum atomic E-state index is 9.55. The molecule has 0 bridgehead atoms. The van der Waals surface area contributed by atoms with Crippen LogP contribution in [0.15, 0.2) is 18.2 Å². The first-order valence-electron chi connectivity index (χ1n) is 7.20. The van der Waals surface area contributed by atoms with E-state index in [4.69, 9.17) is 4.74 Å².